The van der Waals surface area contributed by atoms with Crippen molar-refractivity contribution in [2.45, 2.75) is 29.4 Å². The van der Waals surface area contributed by atoms with Gasteiger partial charge < -0.3 is 21.7 Å². The van der Waals surface area contributed by atoms with Crippen LogP contribution in [0.2, 0.25) is 0 Å². The minimum absolute atomic E-state index is 0.0542. The summed E-state index contributed by atoms with van der Waals surface area (Å²) in [5.41, 5.74) is 10.5. The molecule has 1 heterocycles. The molecule has 1 aliphatic heterocycles. The molecule has 154 valence electrons. The number of rotatable bonds is 6. The number of piperidine rings is 1. The Morgan fingerprint density at radius 3 is 2.46 bits per heavy atom. The van der Waals surface area contributed by atoms with Crippen LogP contribution in [0.15, 0.2) is 53.3 Å². The Bertz CT molecular complexity index is 734. The molecule has 2 amide bonds. The summed E-state index contributed by atoms with van der Waals surface area (Å²) >= 11 is 0.157. The predicted molar refractivity (Wildman–Crippen MR) is 101 cm³/mol. The van der Waals surface area contributed by atoms with E-state index in [0.29, 0.717) is 5.70 Å². The van der Waals surface area contributed by atoms with Crippen molar-refractivity contribution in [3.05, 3.63) is 54.0 Å². The average molecular weight is 418 g/mol. The molecular weight excluding hydrogens is 396 g/mol. The molecule has 2 rings (SSSR count). The molecule has 0 aromatic heterocycles. The number of thioether (sulfide) groups is 1. The van der Waals surface area contributed by atoms with E-state index in [1.165, 1.54) is 41.6 Å². The number of carbonyl (C=O) groups is 1. The van der Waals surface area contributed by atoms with Crippen molar-refractivity contribution in [3.8, 4) is 0 Å². The maximum absolute atomic E-state index is 14.7. The Morgan fingerprint density at radius 2 is 1.89 bits per heavy atom. The van der Waals surface area contributed by atoms with Gasteiger partial charge in [0.1, 0.15) is 0 Å². The molecule has 0 saturated carbocycles. The molecule has 0 aliphatic carbocycles. The molecule has 0 atom stereocenters. The predicted octanol–water partition coefficient (Wildman–Crippen LogP) is 4.00. The fourth-order valence-corrected chi connectivity index (χ4v) is 3.96. The number of benzene rings is 1. The highest BCUT2D eigenvalue weighted by Crippen LogP contribution is 2.47. The van der Waals surface area contributed by atoms with Crippen molar-refractivity contribution in [2.24, 2.45) is 17.4 Å². The third-order valence-electron chi connectivity index (χ3n) is 4.36. The van der Waals surface area contributed by atoms with Gasteiger partial charge in [-0.15, -0.1) is 0 Å². The molecule has 1 aromatic carbocycles. The smallest absolute Gasteiger partial charge is 0.321 e. The number of likely N-dealkylation sites (tertiary alicyclic amines) is 1. The zero-order valence-corrected chi connectivity index (χ0v) is 15.8. The third-order valence-corrected chi connectivity index (χ3v) is 5.56. The van der Waals surface area contributed by atoms with Crippen LogP contribution < -0.4 is 16.8 Å². The summed E-state index contributed by atoms with van der Waals surface area (Å²) in [5.74, 6) is -1.03. The van der Waals surface area contributed by atoms with E-state index < -0.39 is 29.2 Å². The molecule has 0 radical (unpaired) electrons. The Kier molecular flexibility index (Phi) is 7.61. The van der Waals surface area contributed by atoms with Crippen LogP contribution in [-0.4, -0.2) is 29.3 Å². The first-order valence-electron chi connectivity index (χ1n) is 8.58. The number of nitrogens with two attached hydrogens (primary N) is 2. The van der Waals surface area contributed by atoms with E-state index in [0.717, 1.165) is 6.07 Å². The number of hydrogen-bond acceptors (Lipinski definition) is 4. The first-order chi connectivity index (χ1) is 13.3. The number of allylic oxidation sites excluding steroid dienone is 1. The van der Waals surface area contributed by atoms with E-state index in [-0.39, 0.29) is 42.6 Å². The van der Waals surface area contributed by atoms with Crippen LogP contribution in [0, 0.1) is 5.92 Å². The second-order valence-electron chi connectivity index (χ2n) is 6.17. The lowest BCUT2D eigenvalue weighted by molar-refractivity contribution is 0.00923. The van der Waals surface area contributed by atoms with Crippen LogP contribution in [0.5, 0.6) is 0 Å². The first kappa shape index (κ1) is 21.9. The minimum Gasteiger partial charge on any atom is -0.405 e. The number of carbonyl (C=O) groups excluding carboxylic acids is 1. The van der Waals surface area contributed by atoms with E-state index in [1.54, 1.807) is 0 Å². The Morgan fingerprint density at radius 1 is 1.25 bits per heavy atom. The van der Waals surface area contributed by atoms with E-state index >= 15 is 0 Å². The molecule has 28 heavy (non-hydrogen) atoms. The number of halogens is 4. The molecule has 10 heteroatoms. The van der Waals surface area contributed by atoms with Crippen molar-refractivity contribution in [1.29, 1.82) is 0 Å². The second-order valence-corrected chi connectivity index (χ2v) is 7.36. The minimum atomic E-state index is -3.22. The fraction of sp³-hybridized carbons (Fsp3) is 0.389. The van der Waals surface area contributed by atoms with Gasteiger partial charge in [0.15, 0.2) is 0 Å². The highest BCUT2D eigenvalue weighted by atomic mass is 32.2. The van der Waals surface area contributed by atoms with E-state index in [2.05, 4.69) is 5.32 Å². The zero-order chi connectivity index (χ0) is 20.7. The van der Waals surface area contributed by atoms with Crippen LogP contribution in [0.3, 0.4) is 0 Å². The largest absolute Gasteiger partial charge is 0.405 e. The van der Waals surface area contributed by atoms with Crippen LogP contribution in [-0.2, 0) is 0 Å². The summed E-state index contributed by atoms with van der Waals surface area (Å²) in [6.45, 7) is 0.237. The highest BCUT2D eigenvalue weighted by Gasteiger charge is 2.43. The van der Waals surface area contributed by atoms with Gasteiger partial charge in [0.05, 0.1) is 5.70 Å². The van der Waals surface area contributed by atoms with Crippen LogP contribution in [0.4, 0.5) is 22.4 Å². The number of nitrogens with one attached hydrogen (secondary N) is 1. The molecule has 1 saturated heterocycles. The van der Waals surface area contributed by atoms with Gasteiger partial charge in [-0.2, -0.15) is 8.78 Å². The van der Waals surface area contributed by atoms with E-state index in [4.69, 9.17) is 11.5 Å². The van der Waals surface area contributed by atoms with Crippen LogP contribution >= 0.6 is 11.8 Å². The van der Waals surface area contributed by atoms with Crippen molar-refractivity contribution in [3.63, 3.8) is 0 Å². The lowest BCUT2D eigenvalue weighted by Gasteiger charge is -2.35. The third kappa shape index (κ3) is 5.57. The maximum atomic E-state index is 14.7. The van der Waals surface area contributed by atoms with Gasteiger partial charge in [-0.1, -0.05) is 30.0 Å². The monoisotopic (exact) mass is 418 g/mol. The quantitative estimate of drug-likeness (QED) is 0.370. The summed E-state index contributed by atoms with van der Waals surface area (Å²) in [5, 5.41) is -0.693. The van der Waals surface area contributed by atoms with Crippen LogP contribution in [0.1, 0.15) is 24.8 Å². The van der Waals surface area contributed by atoms with Gasteiger partial charge in [-0.05, 0) is 31.2 Å². The maximum Gasteiger partial charge on any atom is 0.321 e. The number of amides is 2. The Labute approximate surface area is 164 Å². The van der Waals surface area contributed by atoms with Crippen molar-refractivity contribution in [2.75, 3.05) is 13.1 Å². The summed E-state index contributed by atoms with van der Waals surface area (Å²) in [6.07, 6.45) is 1.06. The number of hydrogen-bond donors (Lipinski definition) is 3. The SMILES string of the molecule is N/C=C\C(=C/N)NC(=O)N1CCC(C(F)(F)Sc2ccccc2C(F)F)CC1. The van der Waals surface area contributed by atoms with Gasteiger partial charge >= 0.3 is 11.3 Å². The van der Waals surface area contributed by atoms with Gasteiger partial charge in [-0.3, -0.25) is 0 Å². The topological polar surface area (TPSA) is 84.4 Å². The van der Waals surface area contributed by atoms with Crippen molar-refractivity contribution < 1.29 is 22.4 Å². The summed E-state index contributed by atoms with van der Waals surface area (Å²) in [7, 11) is 0. The second kappa shape index (κ2) is 9.72. The molecule has 1 aromatic rings. The lowest BCUT2D eigenvalue weighted by atomic mass is 9.97. The first-order valence-corrected chi connectivity index (χ1v) is 9.40. The molecule has 1 aliphatic rings. The van der Waals surface area contributed by atoms with Gasteiger partial charge in [0.2, 0.25) is 0 Å². The molecular formula is C18H22F4N4OS. The Balaban J connectivity index is 1.97. The van der Waals surface area contributed by atoms with Gasteiger partial charge in [-0.25, -0.2) is 13.6 Å². The van der Waals surface area contributed by atoms with Crippen molar-refractivity contribution >= 4 is 17.8 Å². The molecule has 0 spiro atoms. The standard InChI is InChI=1S/C18H22F4N4OS/c19-16(20)14-3-1-2-4-15(14)28-18(21,22)12-6-9-26(10-7-12)17(27)25-13(11-24)5-8-23/h1-5,8,11-12,16H,6-7,9-10,23-24H2,(H,25,27)/b8-5-,13-11+. The normalized spacial score (nSPS) is 16.8. The fourth-order valence-electron chi connectivity index (χ4n) is 2.85. The summed E-state index contributed by atoms with van der Waals surface area (Å²) in [6, 6.07) is 4.80. The molecule has 5 N–H and O–H groups in total. The van der Waals surface area contributed by atoms with Crippen molar-refractivity contribution in [1.82, 2.24) is 10.2 Å². The van der Waals surface area contributed by atoms with E-state index in [1.807, 2.05) is 0 Å². The van der Waals surface area contributed by atoms with Gasteiger partial charge in [0, 0.05) is 35.7 Å². The lowest BCUT2D eigenvalue weighted by Crippen LogP contribution is -2.46. The molecule has 1 fully saturated rings. The summed E-state index contributed by atoms with van der Waals surface area (Å²) in [4.78, 5) is 13.4. The molecule has 5 nitrogen and oxygen atoms in total. The van der Waals surface area contributed by atoms with Crippen LogP contribution in [0.25, 0.3) is 0 Å². The number of nitrogens with zero attached hydrogens (tertiary/aromatic N) is 1. The molecule has 0 bridgehead atoms. The van der Waals surface area contributed by atoms with E-state index in [9.17, 15) is 22.4 Å². The zero-order valence-electron chi connectivity index (χ0n) is 15.0. The average Bonchev–Trinajstić information content (AvgIpc) is 2.67. The van der Waals surface area contributed by atoms with Gasteiger partial charge in [0.25, 0.3) is 6.43 Å². The molecule has 0 unspecified atom stereocenters. The Hall–Kier alpha value is -2.36. The summed E-state index contributed by atoms with van der Waals surface area (Å²) < 4.78 is 55.4. The highest BCUT2D eigenvalue weighted by molar-refractivity contribution is 8.00. The number of urea groups is 1. The number of alkyl halides is 4.